The Balaban J connectivity index is 1.75. The van der Waals surface area contributed by atoms with Gasteiger partial charge in [0.2, 0.25) is 5.91 Å². The lowest BCUT2D eigenvalue weighted by atomic mass is 10.1. The Morgan fingerprint density at radius 1 is 1.35 bits per heavy atom. The first-order chi connectivity index (χ1) is 11.1. The number of benzene rings is 1. The highest BCUT2D eigenvalue weighted by Crippen LogP contribution is 2.15. The standard InChI is InChI=1S/C17H24N2O4/c1-3-22-14-8-6-13(7-9-14)17(21)18-11-16(20)19-12(2)15-5-4-10-23-15/h6-9,12,15H,3-5,10-11H2,1-2H3,(H,18,21)(H,19,20). The molecule has 126 valence electrons. The van der Waals surface area contributed by atoms with Crippen molar-refractivity contribution in [1.82, 2.24) is 10.6 Å². The Hall–Kier alpha value is -2.08. The fourth-order valence-corrected chi connectivity index (χ4v) is 2.53. The van der Waals surface area contributed by atoms with E-state index in [1.165, 1.54) is 0 Å². The number of carbonyl (C=O) groups excluding carboxylic acids is 2. The third-order valence-corrected chi connectivity index (χ3v) is 3.75. The zero-order valence-corrected chi connectivity index (χ0v) is 13.6. The zero-order valence-electron chi connectivity index (χ0n) is 13.6. The van der Waals surface area contributed by atoms with Gasteiger partial charge in [0.05, 0.1) is 25.3 Å². The highest BCUT2D eigenvalue weighted by Gasteiger charge is 2.23. The fourth-order valence-electron chi connectivity index (χ4n) is 2.53. The molecule has 2 atom stereocenters. The number of nitrogens with one attached hydrogen (secondary N) is 2. The molecule has 0 saturated carbocycles. The molecule has 2 rings (SSSR count). The topological polar surface area (TPSA) is 76.7 Å². The molecule has 6 heteroatoms. The van der Waals surface area contributed by atoms with Crippen LogP contribution in [0.5, 0.6) is 5.75 Å². The third-order valence-electron chi connectivity index (χ3n) is 3.75. The molecule has 0 radical (unpaired) electrons. The van der Waals surface area contributed by atoms with E-state index >= 15 is 0 Å². The van der Waals surface area contributed by atoms with E-state index < -0.39 is 0 Å². The molecule has 1 heterocycles. The molecule has 0 aromatic heterocycles. The Labute approximate surface area is 136 Å². The molecule has 2 amide bonds. The van der Waals surface area contributed by atoms with Crippen LogP contribution in [0.4, 0.5) is 0 Å². The van der Waals surface area contributed by atoms with E-state index in [0.29, 0.717) is 17.9 Å². The molecule has 1 aromatic rings. The van der Waals surface area contributed by atoms with Crippen molar-refractivity contribution in [3.05, 3.63) is 29.8 Å². The maximum atomic E-state index is 12.0. The number of carbonyl (C=O) groups is 2. The minimum atomic E-state index is -0.284. The highest BCUT2D eigenvalue weighted by atomic mass is 16.5. The fraction of sp³-hybridized carbons (Fsp3) is 0.529. The van der Waals surface area contributed by atoms with Crippen LogP contribution in [-0.4, -0.2) is 43.7 Å². The monoisotopic (exact) mass is 320 g/mol. The molecule has 0 spiro atoms. The summed E-state index contributed by atoms with van der Waals surface area (Å²) < 4.78 is 10.9. The molecule has 23 heavy (non-hydrogen) atoms. The molecule has 1 saturated heterocycles. The summed E-state index contributed by atoms with van der Waals surface area (Å²) in [6.45, 7) is 5.09. The van der Waals surface area contributed by atoms with Crippen LogP contribution in [0.15, 0.2) is 24.3 Å². The number of amides is 2. The van der Waals surface area contributed by atoms with Crippen LogP contribution in [0.3, 0.4) is 0 Å². The predicted molar refractivity (Wildman–Crippen MR) is 86.5 cm³/mol. The first-order valence-electron chi connectivity index (χ1n) is 8.02. The van der Waals surface area contributed by atoms with Crippen molar-refractivity contribution in [2.24, 2.45) is 0 Å². The summed E-state index contributed by atoms with van der Waals surface area (Å²) in [5.41, 5.74) is 0.494. The Kier molecular flexibility index (Phi) is 6.40. The first-order valence-corrected chi connectivity index (χ1v) is 8.02. The molecule has 0 aliphatic carbocycles. The number of hydrogen-bond donors (Lipinski definition) is 2. The van der Waals surface area contributed by atoms with E-state index in [9.17, 15) is 9.59 Å². The van der Waals surface area contributed by atoms with E-state index in [0.717, 1.165) is 19.4 Å². The summed E-state index contributed by atoms with van der Waals surface area (Å²) in [4.78, 5) is 23.9. The van der Waals surface area contributed by atoms with Crippen LogP contribution in [-0.2, 0) is 9.53 Å². The second kappa shape index (κ2) is 8.53. The smallest absolute Gasteiger partial charge is 0.251 e. The molecule has 1 aliphatic rings. The van der Waals surface area contributed by atoms with E-state index in [1.807, 2.05) is 13.8 Å². The van der Waals surface area contributed by atoms with Crippen molar-refractivity contribution >= 4 is 11.8 Å². The van der Waals surface area contributed by atoms with Crippen molar-refractivity contribution in [2.75, 3.05) is 19.8 Å². The molecule has 2 N–H and O–H groups in total. The van der Waals surface area contributed by atoms with Crippen molar-refractivity contribution in [2.45, 2.75) is 38.8 Å². The normalized spacial score (nSPS) is 18.3. The lowest BCUT2D eigenvalue weighted by Gasteiger charge is -2.20. The van der Waals surface area contributed by atoms with Crippen molar-refractivity contribution in [1.29, 1.82) is 0 Å². The first kappa shape index (κ1) is 17.3. The van der Waals surface area contributed by atoms with Gasteiger partial charge >= 0.3 is 0 Å². The minimum Gasteiger partial charge on any atom is -0.494 e. The lowest BCUT2D eigenvalue weighted by molar-refractivity contribution is -0.121. The maximum Gasteiger partial charge on any atom is 0.251 e. The highest BCUT2D eigenvalue weighted by molar-refractivity contribution is 5.96. The van der Waals surface area contributed by atoms with Crippen LogP contribution in [0.25, 0.3) is 0 Å². The molecule has 2 unspecified atom stereocenters. The molecule has 0 bridgehead atoms. The Morgan fingerprint density at radius 3 is 2.70 bits per heavy atom. The second-order valence-corrected chi connectivity index (χ2v) is 5.55. The molecule has 6 nitrogen and oxygen atoms in total. The number of rotatable bonds is 7. The SMILES string of the molecule is CCOc1ccc(C(=O)NCC(=O)NC(C)C2CCCO2)cc1. The van der Waals surface area contributed by atoms with Gasteiger partial charge < -0.3 is 20.1 Å². The van der Waals surface area contributed by atoms with Crippen LogP contribution in [0, 0.1) is 0 Å². The summed E-state index contributed by atoms with van der Waals surface area (Å²) in [7, 11) is 0. The molecule has 1 fully saturated rings. The summed E-state index contributed by atoms with van der Waals surface area (Å²) in [6.07, 6.45) is 2.06. The number of ether oxygens (including phenoxy) is 2. The third kappa shape index (κ3) is 5.25. The van der Waals surface area contributed by atoms with E-state index in [1.54, 1.807) is 24.3 Å². The van der Waals surface area contributed by atoms with Gasteiger partial charge in [-0.15, -0.1) is 0 Å². The molecule has 1 aliphatic heterocycles. The van der Waals surface area contributed by atoms with Gasteiger partial charge in [0.25, 0.3) is 5.91 Å². The Bertz CT molecular complexity index is 524. The van der Waals surface area contributed by atoms with Gasteiger partial charge in [0, 0.05) is 12.2 Å². The largest absolute Gasteiger partial charge is 0.494 e. The van der Waals surface area contributed by atoms with Crippen LogP contribution in [0.1, 0.15) is 37.0 Å². The van der Waals surface area contributed by atoms with Crippen molar-refractivity contribution in [3.63, 3.8) is 0 Å². The van der Waals surface area contributed by atoms with E-state index in [-0.39, 0.29) is 30.5 Å². The minimum absolute atomic E-state index is 0.0487. The summed E-state index contributed by atoms with van der Waals surface area (Å²) in [6, 6.07) is 6.77. The van der Waals surface area contributed by atoms with Gasteiger partial charge in [-0.3, -0.25) is 9.59 Å². The summed E-state index contributed by atoms with van der Waals surface area (Å²) in [5, 5.41) is 5.47. The quantitative estimate of drug-likeness (QED) is 0.798. The lowest BCUT2D eigenvalue weighted by Crippen LogP contribution is -2.45. The maximum absolute atomic E-state index is 12.0. The van der Waals surface area contributed by atoms with Gasteiger partial charge in [0.1, 0.15) is 5.75 Å². The molecule has 1 aromatic carbocycles. The van der Waals surface area contributed by atoms with Gasteiger partial charge in [-0.05, 0) is 51.0 Å². The van der Waals surface area contributed by atoms with Crippen LogP contribution < -0.4 is 15.4 Å². The van der Waals surface area contributed by atoms with Crippen LogP contribution in [0.2, 0.25) is 0 Å². The van der Waals surface area contributed by atoms with Crippen LogP contribution >= 0.6 is 0 Å². The van der Waals surface area contributed by atoms with E-state index in [2.05, 4.69) is 10.6 Å². The zero-order chi connectivity index (χ0) is 16.7. The Morgan fingerprint density at radius 2 is 2.09 bits per heavy atom. The van der Waals surface area contributed by atoms with Crippen molar-refractivity contribution < 1.29 is 19.1 Å². The predicted octanol–water partition coefficient (Wildman–Crippen LogP) is 1.50. The van der Waals surface area contributed by atoms with Crippen molar-refractivity contribution in [3.8, 4) is 5.75 Å². The van der Waals surface area contributed by atoms with E-state index in [4.69, 9.17) is 9.47 Å². The summed E-state index contributed by atoms with van der Waals surface area (Å²) in [5.74, 6) is 0.215. The molecular formula is C17H24N2O4. The number of hydrogen-bond acceptors (Lipinski definition) is 4. The summed E-state index contributed by atoms with van der Waals surface area (Å²) >= 11 is 0. The average molecular weight is 320 g/mol. The van der Waals surface area contributed by atoms with Gasteiger partial charge in [-0.1, -0.05) is 0 Å². The van der Waals surface area contributed by atoms with Gasteiger partial charge in [-0.25, -0.2) is 0 Å². The van der Waals surface area contributed by atoms with Gasteiger partial charge in [-0.2, -0.15) is 0 Å². The average Bonchev–Trinajstić information content (AvgIpc) is 3.08. The van der Waals surface area contributed by atoms with Gasteiger partial charge in [0.15, 0.2) is 0 Å². The second-order valence-electron chi connectivity index (χ2n) is 5.55. The molecular weight excluding hydrogens is 296 g/mol.